The smallest absolute Gasteiger partial charge is 0.320 e. The predicted octanol–water partition coefficient (Wildman–Crippen LogP) is -0.243. The third kappa shape index (κ3) is 6.82. The fourth-order valence-corrected chi connectivity index (χ4v) is 1.07. The lowest BCUT2D eigenvalue weighted by atomic mass is 10.2. The Kier molecular flexibility index (Phi) is 7.37. The van der Waals surface area contributed by atoms with Crippen LogP contribution in [0.1, 0.15) is 12.8 Å². The quantitative estimate of drug-likeness (QED) is 0.533. The molecular formula is C9H20N2O3. The number of nitrogens with two attached hydrogens (primary N) is 1. The Bertz CT molecular complexity index is 164. The van der Waals surface area contributed by atoms with E-state index in [4.69, 9.17) is 15.6 Å². The molecule has 3 N–H and O–H groups in total. The van der Waals surface area contributed by atoms with Gasteiger partial charge in [0.1, 0.15) is 6.04 Å². The Morgan fingerprint density at radius 2 is 2.21 bits per heavy atom. The second-order valence-corrected chi connectivity index (χ2v) is 3.38. The fraction of sp³-hybridized carbons (Fsp3) is 0.889. The first kappa shape index (κ1) is 13.4. The highest BCUT2D eigenvalue weighted by Crippen LogP contribution is 1.94. The summed E-state index contributed by atoms with van der Waals surface area (Å²) in [4.78, 5) is 12.5. The normalized spacial score (nSPS) is 13.1. The molecule has 0 aromatic heterocycles. The highest BCUT2D eigenvalue weighted by molar-refractivity contribution is 5.72. The van der Waals surface area contributed by atoms with Crippen LogP contribution in [0.15, 0.2) is 0 Å². The molecule has 0 heterocycles. The topological polar surface area (TPSA) is 75.8 Å². The Morgan fingerprint density at radius 3 is 2.71 bits per heavy atom. The summed E-state index contributed by atoms with van der Waals surface area (Å²) in [5, 5.41) is 8.55. The number of carbonyl (C=O) groups is 1. The van der Waals surface area contributed by atoms with Gasteiger partial charge in [0.15, 0.2) is 0 Å². The molecule has 0 aliphatic heterocycles. The van der Waals surface area contributed by atoms with Gasteiger partial charge in [0.25, 0.3) is 0 Å². The van der Waals surface area contributed by atoms with Crippen molar-refractivity contribution in [3.8, 4) is 0 Å². The number of methoxy groups -OCH3 is 1. The Morgan fingerprint density at radius 1 is 1.57 bits per heavy atom. The molecule has 1 unspecified atom stereocenters. The molecule has 0 bridgehead atoms. The van der Waals surface area contributed by atoms with E-state index >= 15 is 0 Å². The molecule has 0 fully saturated rings. The molecule has 0 spiro atoms. The molecule has 0 saturated carbocycles. The van der Waals surface area contributed by atoms with Crippen molar-refractivity contribution < 1.29 is 14.6 Å². The lowest BCUT2D eigenvalue weighted by Crippen LogP contribution is -2.34. The van der Waals surface area contributed by atoms with Crippen LogP contribution in [-0.4, -0.2) is 55.9 Å². The van der Waals surface area contributed by atoms with Crippen molar-refractivity contribution in [3.63, 3.8) is 0 Å². The van der Waals surface area contributed by atoms with Gasteiger partial charge in [-0.3, -0.25) is 4.79 Å². The zero-order valence-electron chi connectivity index (χ0n) is 8.90. The van der Waals surface area contributed by atoms with Crippen LogP contribution in [0.3, 0.4) is 0 Å². The Labute approximate surface area is 84.8 Å². The van der Waals surface area contributed by atoms with Crippen LogP contribution >= 0.6 is 0 Å². The van der Waals surface area contributed by atoms with Gasteiger partial charge in [-0.25, -0.2) is 0 Å². The van der Waals surface area contributed by atoms with E-state index in [0.717, 1.165) is 19.6 Å². The predicted molar refractivity (Wildman–Crippen MR) is 54.2 cm³/mol. The van der Waals surface area contributed by atoms with Crippen LogP contribution in [0.4, 0.5) is 0 Å². The SMILES string of the molecule is COCCCN(C)CCC(N)C(=O)O. The lowest BCUT2D eigenvalue weighted by Gasteiger charge is -2.17. The van der Waals surface area contributed by atoms with Gasteiger partial charge in [-0.05, 0) is 26.4 Å². The van der Waals surface area contributed by atoms with E-state index in [1.165, 1.54) is 0 Å². The van der Waals surface area contributed by atoms with Crippen molar-refractivity contribution in [1.29, 1.82) is 0 Å². The average molecular weight is 204 g/mol. The molecule has 0 saturated heterocycles. The van der Waals surface area contributed by atoms with Crippen LogP contribution in [0.25, 0.3) is 0 Å². The maximum Gasteiger partial charge on any atom is 0.320 e. The van der Waals surface area contributed by atoms with Crippen molar-refractivity contribution in [3.05, 3.63) is 0 Å². The maximum atomic E-state index is 10.4. The summed E-state index contributed by atoms with van der Waals surface area (Å²) in [5.41, 5.74) is 5.37. The first-order valence-corrected chi connectivity index (χ1v) is 4.73. The first-order chi connectivity index (χ1) is 6.57. The number of aliphatic carboxylic acids is 1. The average Bonchev–Trinajstić information content (AvgIpc) is 2.14. The molecule has 0 rings (SSSR count). The molecule has 0 aromatic carbocycles. The van der Waals surface area contributed by atoms with Gasteiger partial charge in [-0.1, -0.05) is 0 Å². The van der Waals surface area contributed by atoms with Crippen molar-refractivity contribution in [2.75, 3.05) is 33.9 Å². The fourth-order valence-electron chi connectivity index (χ4n) is 1.07. The van der Waals surface area contributed by atoms with Crippen LogP contribution in [0, 0.1) is 0 Å². The number of rotatable bonds is 8. The standard InChI is InChI=1S/C9H20N2O3/c1-11(5-3-7-14-2)6-4-8(10)9(12)13/h8H,3-7,10H2,1-2H3,(H,12,13). The Balaban J connectivity index is 3.43. The van der Waals surface area contributed by atoms with Gasteiger partial charge in [0.2, 0.25) is 0 Å². The summed E-state index contributed by atoms with van der Waals surface area (Å²) in [7, 11) is 3.62. The first-order valence-electron chi connectivity index (χ1n) is 4.73. The third-order valence-electron chi connectivity index (χ3n) is 2.03. The monoisotopic (exact) mass is 204 g/mol. The van der Waals surface area contributed by atoms with Gasteiger partial charge < -0.3 is 20.5 Å². The van der Waals surface area contributed by atoms with Gasteiger partial charge in [-0.15, -0.1) is 0 Å². The Hall–Kier alpha value is -0.650. The van der Waals surface area contributed by atoms with E-state index in [9.17, 15) is 4.79 Å². The lowest BCUT2D eigenvalue weighted by molar-refractivity contribution is -0.138. The molecule has 0 radical (unpaired) electrons. The molecule has 0 aliphatic carbocycles. The molecule has 1 atom stereocenters. The number of ether oxygens (including phenoxy) is 1. The van der Waals surface area contributed by atoms with Crippen molar-refractivity contribution in [1.82, 2.24) is 4.90 Å². The van der Waals surface area contributed by atoms with Gasteiger partial charge in [0.05, 0.1) is 0 Å². The largest absolute Gasteiger partial charge is 0.480 e. The van der Waals surface area contributed by atoms with Crippen LogP contribution in [-0.2, 0) is 9.53 Å². The van der Waals surface area contributed by atoms with E-state index in [1.807, 2.05) is 7.05 Å². The minimum atomic E-state index is -0.935. The molecule has 0 amide bonds. The van der Waals surface area contributed by atoms with Gasteiger partial charge in [-0.2, -0.15) is 0 Å². The van der Waals surface area contributed by atoms with Crippen molar-refractivity contribution >= 4 is 5.97 Å². The second kappa shape index (κ2) is 7.73. The van der Waals surface area contributed by atoms with E-state index in [1.54, 1.807) is 7.11 Å². The number of carboxylic acids is 1. The summed E-state index contributed by atoms with van der Waals surface area (Å²) in [5.74, 6) is -0.935. The highest BCUT2D eigenvalue weighted by Gasteiger charge is 2.11. The van der Waals surface area contributed by atoms with E-state index < -0.39 is 12.0 Å². The van der Waals surface area contributed by atoms with E-state index in [-0.39, 0.29) is 0 Å². The molecule has 84 valence electrons. The molecular weight excluding hydrogens is 184 g/mol. The van der Waals surface area contributed by atoms with Gasteiger partial charge in [0, 0.05) is 20.3 Å². The van der Waals surface area contributed by atoms with Crippen molar-refractivity contribution in [2.45, 2.75) is 18.9 Å². The van der Waals surface area contributed by atoms with E-state index in [0.29, 0.717) is 13.0 Å². The summed E-state index contributed by atoms with van der Waals surface area (Å²) < 4.78 is 4.91. The summed E-state index contributed by atoms with van der Waals surface area (Å²) >= 11 is 0. The van der Waals surface area contributed by atoms with Crippen LogP contribution < -0.4 is 5.73 Å². The van der Waals surface area contributed by atoms with Crippen LogP contribution in [0.2, 0.25) is 0 Å². The molecule has 14 heavy (non-hydrogen) atoms. The van der Waals surface area contributed by atoms with Crippen LogP contribution in [0.5, 0.6) is 0 Å². The highest BCUT2D eigenvalue weighted by atomic mass is 16.5. The number of nitrogens with zero attached hydrogens (tertiary/aromatic N) is 1. The number of hydrogen-bond donors (Lipinski definition) is 2. The summed E-state index contributed by atoms with van der Waals surface area (Å²) in [6, 6.07) is -0.750. The summed E-state index contributed by atoms with van der Waals surface area (Å²) in [6.07, 6.45) is 1.44. The van der Waals surface area contributed by atoms with Crippen molar-refractivity contribution in [2.24, 2.45) is 5.73 Å². The number of carboxylic acid groups (broad SMARTS) is 1. The van der Waals surface area contributed by atoms with E-state index in [2.05, 4.69) is 4.90 Å². The number of hydrogen-bond acceptors (Lipinski definition) is 4. The minimum Gasteiger partial charge on any atom is -0.480 e. The molecule has 5 nitrogen and oxygen atoms in total. The maximum absolute atomic E-state index is 10.4. The molecule has 5 heteroatoms. The zero-order chi connectivity index (χ0) is 11.0. The van der Waals surface area contributed by atoms with Gasteiger partial charge >= 0.3 is 5.97 Å². The minimum absolute atomic E-state index is 0.485. The second-order valence-electron chi connectivity index (χ2n) is 3.38. The molecule has 0 aliphatic rings. The molecule has 0 aromatic rings. The summed E-state index contributed by atoms with van der Waals surface area (Å²) in [6.45, 7) is 2.34. The third-order valence-corrected chi connectivity index (χ3v) is 2.03. The zero-order valence-corrected chi connectivity index (χ0v) is 8.90.